The Labute approximate surface area is 140 Å². The molecule has 0 aliphatic heterocycles. The average molecular weight is 323 g/mol. The number of hydrogen-bond acceptors (Lipinski definition) is 2. The van der Waals surface area contributed by atoms with Crippen LogP contribution in [0.4, 0.5) is 5.69 Å². The Kier molecular flexibility index (Phi) is 4.25. The predicted molar refractivity (Wildman–Crippen MR) is 96.4 cm³/mol. The Bertz CT molecular complexity index is 951. The van der Waals surface area contributed by atoms with Gasteiger partial charge in [0.15, 0.2) is 0 Å². The Hall–Kier alpha value is -2.82. The second-order valence-corrected chi connectivity index (χ2v) is 6.45. The number of nitrogens with zero attached hydrogens (tertiary/aromatic N) is 2. The van der Waals surface area contributed by atoms with Gasteiger partial charge in [-0.2, -0.15) is 0 Å². The van der Waals surface area contributed by atoms with Crippen molar-refractivity contribution in [3.05, 3.63) is 64.7 Å². The maximum atomic E-state index is 12.3. The van der Waals surface area contributed by atoms with E-state index in [0.29, 0.717) is 11.5 Å². The van der Waals surface area contributed by atoms with Crippen molar-refractivity contribution < 1.29 is 4.79 Å². The van der Waals surface area contributed by atoms with Gasteiger partial charge < -0.3 is 14.5 Å². The molecule has 0 bridgehead atoms. The zero-order valence-corrected chi connectivity index (χ0v) is 14.1. The van der Waals surface area contributed by atoms with E-state index in [1.54, 1.807) is 19.3 Å². The van der Waals surface area contributed by atoms with Gasteiger partial charge in [0.2, 0.25) is 0 Å². The van der Waals surface area contributed by atoms with Gasteiger partial charge in [-0.25, -0.2) is 0 Å². The monoisotopic (exact) mass is 323 g/mol. The van der Waals surface area contributed by atoms with Crippen LogP contribution in [0.5, 0.6) is 0 Å². The summed E-state index contributed by atoms with van der Waals surface area (Å²) < 4.78 is 3.65. The fraction of sp³-hybridized carbons (Fsp3) is 0.263. The molecule has 5 nitrogen and oxygen atoms in total. The first-order valence-electron chi connectivity index (χ1n) is 8.01. The van der Waals surface area contributed by atoms with E-state index in [2.05, 4.69) is 29.9 Å². The topological polar surface area (TPSA) is 56.0 Å². The summed E-state index contributed by atoms with van der Waals surface area (Å²) in [6.07, 6.45) is 3.66. The van der Waals surface area contributed by atoms with Gasteiger partial charge in [0, 0.05) is 54.2 Å². The summed E-state index contributed by atoms with van der Waals surface area (Å²) in [7, 11) is 1.65. The lowest BCUT2D eigenvalue weighted by Gasteiger charge is -2.09. The van der Waals surface area contributed by atoms with Crippen LogP contribution in [0.25, 0.3) is 10.9 Å². The summed E-state index contributed by atoms with van der Waals surface area (Å²) in [4.78, 5) is 23.9. The second-order valence-electron chi connectivity index (χ2n) is 6.45. The summed E-state index contributed by atoms with van der Waals surface area (Å²) in [5, 5.41) is 3.93. The van der Waals surface area contributed by atoms with Crippen LogP contribution < -0.4 is 10.9 Å². The number of hydrogen-bond donors (Lipinski definition) is 1. The predicted octanol–water partition coefficient (Wildman–Crippen LogP) is 3.25. The average Bonchev–Trinajstić information content (AvgIpc) is 2.91. The molecule has 0 radical (unpaired) electrons. The molecule has 1 aromatic carbocycles. The molecule has 5 heteroatoms. The van der Waals surface area contributed by atoms with Crippen molar-refractivity contribution in [1.29, 1.82) is 0 Å². The first-order chi connectivity index (χ1) is 11.4. The number of benzene rings is 1. The standard InChI is InChI=1S/C19H21N3O2/c1-13(2)12-22-9-7-14-10-16(4-5-17(14)22)20-19(24)15-6-8-21(3)18(23)11-15/h4-11,13H,12H2,1-3H3,(H,20,24). The number of aryl methyl sites for hydroxylation is 1. The maximum Gasteiger partial charge on any atom is 0.255 e. The molecule has 0 saturated heterocycles. The SMILES string of the molecule is CC(C)Cn1ccc2cc(NC(=O)c3ccn(C)c(=O)c3)ccc21. The minimum atomic E-state index is -0.284. The van der Waals surface area contributed by atoms with E-state index in [9.17, 15) is 9.59 Å². The van der Waals surface area contributed by atoms with Crippen molar-refractivity contribution in [3.8, 4) is 0 Å². The molecule has 1 N–H and O–H groups in total. The van der Waals surface area contributed by atoms with E-state index in [-0.39, 0.29) is 11.5 Å². The Balaban J connectivity index is 1.83. The molecule has 124 valence electrons. The molecule has 2 aromatic heterocycles. The van der Waals surface area contributed by atoms with Crippen LogP contribution in [0.15, 0.2) is 53.6 Å². The fourth-order valence-electron chi connectivity index (χ4n) is 2.72. The first kappa shape index (κ1) is 16.1. The highest BCUT2D eigenvalue weighted by molar-refractivity contribution is 6.05. The lowest BCUT2D eigenvalue weighted by atomic mass is 10.2. The van der Waals surface area contributed by atoms with Crippen LogP contribution in [0, 0.1) is 5.92 Å². The maximum absolute atomic E-state index is 12.3. The summed E-state index contributed by atoms with van der Waals surface area (Å²) in [6, 6.07) is 10.9. The molecule has 2 heterocycles. The van der Waals surface area contributed by atoms with Gasteiger partial charge in [0.1, 0.15) is 0 Å². The molecule has 3 rings (SSSR count). The Morgan fingerprint density at radius 1 is 1.12 bits per heavy atom. The van der Waals surface area contributed by atoms with Crippen LogP contribution in [-0.4, -0.2) is 15.0 Å². The smallest absolute Gasteiger partial charge is 0.255 e. The molecule has 0 fully saturated rings. The Morgan fingerprint density at radius 2 is 1.92 bits per heavy atom. The number of anilines is 1. The van der Waals surface area contributed by atoms with Gasteiger partial charge in [-0.3, -0.25) is 9.59 Å². The summed E-state index contributed by atoms with van der Waals surface area (Å²) in [5.41, 5.74) is 2.02. The summed E-state index contributed by atoms with van der Waals surface area (Å²) in [6.45, 7) is 5.33. The third-order valence-electron chi connectivity index (χ3n) is 3.96. The molecule has 0 spiro atoms. The number of carbonyl (C=O) groups excluding carboxylic acids is 1. The number of carbonyl (C=O) groups is 1. The summed E-state index contributed by atoms with van der Waals surface area (Å²) in [5.74, 6) is 0.286. The van der Waals surface area contributed by atoms with Crippen LogP contribution in [0.3, 0.4) is 0 Å². The molecule has 24 heavy (non-hydrogen) atoms. The van der Waals surface area contributed by atoms with Crippen molar-refractivity contribution in [1.82, 2.24) is 9.13 Å². The van der Waals surface area contributed by atoms with E-state index in [1.165, 1.54) is 10.6 Å². The third kappa shape index (κ3) is 3.25. The van der Waals surface area contributed by atoms with Crippen LogP contribution in [0.2, 0.25) is 0 Å². The second kappa shape index (κ2) is 6.35. The molecule has 0 aliphatic rings. The minimum absolute atomic E-state index is 0.205. The lowest BCUT2D eigenvalue weighted by Crippen LogP contribution is -2.19. The van der Waals surface area contributed by atoms with Gasteiger partial charge in [0.05, 0.1) is 0 Å². The van der Waals surface area contributed by atoms with Gasteiger partial charge in [-0.15, -0.1) is 0 Å². The van der Waals surface area contributed by atoms with Crippen LogP contribution in [0.1, 0.15) is 24.2 Å². The number of amides is 1. The van der Waals surface area contributed by atoms with Crippen LogP contribution >= 0.6 is 0 Å². The zero-order chi connectivity index (χ0) is 17.3. The molecule has 0 atom stereocenters. The molecule has 0 aliphatic carbocycles. The zero-order valence-electron chi connectivity index (χ0n) is 14.1. The highest BCUT2D eigenvalue weighted by Crippen LogP contribution is 2.22. The van der Waals surface area contributed by atoms with E-state index in [0.717, 1.165) is 23.1 Å². The molecule has 0 saturated carbocycles. The van der Waals surface area contributed by atoms with E-state index in [1.807, 2.05) is 24.3 Å². The minimum Gasteiger partial charge on any atom is -0.347 e. The van der Waals surface area contributed by atoms with Gasteiger partial charge in [0.25, 0.3) is 11.5 Å². The number of rotatable bonds is 4. The molecule has 0 unspecified atom stereocenters. The van der Waals surface area contributed by atoms with Gasteiger partial charge in [-0.05, 0) is 36.2 Å². The molecule has 1 amide bonds. The fourth-order valence-corrected chi connectivity index (χ4v) is 2.72. The largest absolute Gasteiger partial charge is 0.347 e. The first-order valence-corrected chi connectivity index (χ1v) is 8.01. The number of aromatic nitrogens is 2. The molecule has 3 aromatic rings. The van der Waals surface area contributed by atoms with Crippen molar-refractivity contribution in [3.63, 3.8) is 0 Å². The third-order valence-corrected chi connectivity index (χ3v) is 3.96. The highest BCUT2D eigenvalue weighted by atomic mass is 16.2. The lowest BCUT2D eigenvalue weighted by molar-refractivity contribution is 0.102. The van der Waals surface area contributed by atoms with Crippen LogP contribution in [-0.2, 0) is 13.6 Å². The van der Waals surface area contributed by atoms with Crippen molar-refractivity contribution in [2.75, 3.05) is 5.32 Å². The van der Waals surface area contributed by atoms with Gasteiger partial charge >= 0.3 is 0 Å². The van der Waals surface area contributed by atoms with Crippen molar-refractivity contribution >= 4 is 22.5 Å². The van der Waals surface area contributed by atoms with E-state index < -0.39 is 0 Å². The number of fused-ring (bicyclic) bond motifs is 1. The Morgan fingerprint density at radius 3 is 2.62 bits per heavy atom. The number of pyridine rings is 1. The van der Waals surface area contributed by atoms with Crippen molar-refractivity contribution in [2.45, 2.75) is 20.4 Å². The highest BCUT2D eigenvalue weighted by Gasteiger charge is 2.09. The molecular formula is C19H21N3O2. The normalized spacial score (nSPS) is 11.2. The number of nitrogens with one attached hydrogen (secondary N) is 1. The van der Waals surface area contributed by atoms with E-state index >= 15 is 0 Å². The van der Waals surface area contributed by atoms with Crippen molar-refractivity contribution in [2.24, 2.45) is 13.0 Å². The quantitative estimate of drug-likeness (QED) is 0.801. The van der Waals surface area contributed by atoms with E-state index in [4.69, 9.17) is 0 Å². The van der Waals surface area contributed by atoms with Gasteiger partial charge in [-0.1, -0.05) is 13.8 Å². The molecular weight excluding hydrogens is 302 g/mol. The summed E-state index contributed by atoms with van der Waals surface area (Å²) >= 11 is 0.